The molecule has 3 saturated heterocycles. The van der Waals surface area contributed by atoms with Gasteiger partial charge in [0, 0.05) is 6.04 Å². The molecule has 0 aromatic rings. The number of carbonyl (C=O) groups excluding carboxylic acids is 3. The normalized spacial score (nSPS) is 34.9. The van der Waals surface area contributed by atoms with Gasteiger partial charge in [0.15, 0.2) is 0 Å². The number of esters is 1. The number of carbonyl (C=O) groups is 3. The highest BCUT2D eigenvalue weighted by molar-refractivity contribution is 5.98. The molecule has 8 nitrogen and oxygen atoms in total. The van der Waals surface area contributed by atoms with Crippen molar-refractivity contribution in [3.8, 4) is 0 Å². The van der Waals surface area contributed by atoms with Crippen LogP contribution in [0.4, 0.5) is 0 Å². The van der Waals surface area contributed by atoms with Crippen molar-refractivity contribution in [3.63, 3.8) is 0 Å². The first-order valence-corrected chi connectivity index (χ1v) is 10.3. The largest absolute Gasteiger partial charge is 0.466 e. The third-order valence-corrected chi connectivity index (χ3v) is 6.29. The van der Waals surface area contributed by atoms with Crippen molar-refractivity contribution < 1.29 is 29.0 Å². The van der Waals surface area contributed by atoms with E-state index in [4.69, 9.17) is 9.47 Å². The van der Waals surface area contributed by atoms with E-state index in [1.165, 1.54) is 4.90 Å². The average Bonchev–Trinajstić information content (AvgIpc) is 3.23. The molecule has 1 spiro atoms. The summed E-state index contributed by atoms with van der Waals surface area (Å²) in [7, 11) is 0. The molecule has 3 heterocycles. The fraction of sp³-hybridized carbons (Fsp3) is 0.850. The average molecular weight is 396 g/mol. The predicted octanol–water partition coefficient (Wildman–Crippen LogP) is 0.466. The zero-order chi connectivity index (χ0) is 20.8. The van der Waals surface area contributed by atoms with Crippen LogP contribution < -0.4 is 5.32 Å². The number of rotatable bonds is 7. The number of ether oxygens (including phenoxy) is 2. The summed E-state index contributed by atoms with van der Waals surface area (Å²) in [4.78, 5) is 40.9. The van der Waals surface area contributed by atoms with Gasteiger partial charge < -0.3 is 24.8 Å². The predicted molar refractivity (Wildman–Crippen MR) is 100 cm³/mol. The molecular weight excluding hydrogens is 364 g/mol. The molecule has 3 fully saturated rings. The van der Waals surface area contributed by atoms with Gasteiger partial charge in [-0.1, -0.05) is 13.8 Å². The molecule has 6 atom stereocenters. The van der Waals surface area contributed by atoms with E-state index >= 15 is 0 Å². The molecule has 2 amide bonds. The summed E-state index contributed by atoms with van der Waals surface area (Å²) < 4.78 is 11.5. The lowest BCUT2D eigenvalue weighted by molar-refractivity contribution is -0.155. The van der Waals surface area contributed by atoms with Gasteiger partial charge in [0.25, 0.3) is 0 Å². The Labute approximate surface area is 165 Å². The van der Waals surface area contributed by atoms with Gasteiger partial charge in [-0.25, -0.2) is 0 Å². The molecule has 28 heavy (non-hydrogen) atoms. The number of hydrogen-bond donors (Lipinski definition) is 2. The van der Waals surface area contributed by atoms with Crippen molar-refractivity contribution in [1.82, 2.24) is 10.2 Å². The van der Waals surface area contributed by atoms with Gasteiger partial charge in [-0.05, 0) is 39.5 Å². The van der Waals surface area contributed by atoms with Crippen LogP contribution in [-0.2, 0) is 23.9 Å². The lowest BCUT2D eigenvalue weighted by Gasteiger charge is -2.38. The molecule has 3 aliphatic heterocycles. The zero-order valence-electron chi connectivity index (χ0n) is 17.3. The molecule has 3 aliphatic rings. The number of aliphatic hydroxyl groups excluding tert-OH is 1. The van der Waals surface area contributed by atoms with Crippen LogP contribution in [0.2, 0.25) is 0 Å². The lowest BCUT2D eigenvalue weighted by Crippen LogP contribution is -2.59. The quantitative estimate of drug-likeness (QED) is 0.606. The van der Waals surface area contributed by atoms with Crippen LogP contribution in [0.3, 0.4) is 0 Å². The summed E-state index contributed by atoms with van der Waals surface area (Å²) in [6.45, 7) is 9.21. The molecule has 8 heteroatoms. The van der Waals surface area contributed by atoms with Crippen molar-refractivity contribution in [1.29, 1.82) is 0 Å². The smallest absolute Gasteiger partial charge is 0.312 e. The summed E-state index contributed by atoms with van der Waals surface area (Å²) in [5.74, 6) is -2.54. The van der Waals surface area contributed by atoms with Crippen molar-refractivity contribution in [2.24, 2.45) is 17.8 Å². The Morgan fingerprint density at radius 1 is 1.36 bits per heavy atom. The lowest BCUT2D eigenvalue weighted by atomic mass is 9.70. The maximum Gasteiger partial charge on any atom is 0.312 e. The first-order chi connectivity index (χ1) is 13.2. The molecular formula is C20H32N2O6. The highest BCUT2D eigenvalue weighted by atomic mass is 16.6. The third kappa shape index (κ3) is 3.01. The minimum atomic E-state index is -1.04. The van der Waals surface area contributed by atoms with E-state index in [-0.39, 0.29) is 37.0 Å². The summed E-state index contributed by atoms with van der Waals surface area (Å²) in [5.41, 5.74) is -1.04. The SMILES string of the molecule is CCOC(=O)[C@@H]1[C@H]2C(=O)N([C@@H](CO)C(C)C)C(C(=O)NC(C)C)C23CC[C@H]1O3. The fourth-order valence-electron chi connectivity index (χ4n) is 5.24. The summed E-state index contributed by atoms with van der Waals surface area (Å²) >= 11 is 0. The van der Waals surface area contributed by atoms with Crippen LogP contribution in [0.25, 0.3) is 0 Å². The second-order valence-corrected chi connectivity index (χ2v) is 8.71. The molecule has 0 saturated carbocycles. The molecule has 0 aromatic carbocycles. The van der Waals surface area contributed by atoms with Crippen molar-refractivity contribution in [3.05, 3.63) is 0 Å². The van der Waals surface area contributed by atoms with Gasteiger partial charge >= 0.3 is 5.97 Å². The van der Waals surface area contributed by atoms with Crippen molar-refractivity contribution in [2.45, 2.75) is 77.3 Å². The van der Waals surface area contributed by atoms with E-state index in [2.05, 4.69) is 5.32 Å². The highest BCUT2D eigenvalue weighted by Crippen LogP contribution is 2.59. The Morgan fingerprint density at radius 3 is 2.57 bits per heavy atom. The molecule has 0 radical (unpaired) electrons. The minimum Gasteiger partial charge on any atom is -0.466 e. The number of fused-ring (bicyclic) bond motifs is 1. The van der Waals surface area contributed by atoms with E-state index in [0.29, 0.717) is 12.8 Å². The summed E-state index contributed by atoms with van der Waals surface area (Å²) in [5, 5.41) is 12.9. The third-order valence-electron chi connectivity index (χ3n) is 6.29. The topological polar surface area (TPSA) is 105 Å². The minimum absolute atomic E-state index is 0.0585. The van der Waals surface area contributed by atoms with Crippen molar-refractivity contribution >= 4 is 17.8 Å². The molecule has 2 unspecified atom stereocenters. The van der Waals surface area contributed by atoms with Gasteiger partial charge in [0.1, 0.15) is 11.6 Å². The van der Waals surface area contributed by atoms with Crippen molar-refractivity contribution in [2.75, 3.05) is 13.2 Å². The monoisotopic (exact) mass is 396 g/mol. The Balaban J connectivity index is 2.06. The Morgan fingerprint density at radius 2 is 2.04 bits per heavy atom. The Kier molecular flexibility index (Phi) is 5.74. The van der Waals surface area contributed by atoms with Crippen LogP contribution in [0.5, 0.6) is 0 Å². The van der Waals surface area contributed by atoms with Crippen LogP contribution in [0, 0.1) is 17.8 Å². The highest BCUT2D eigenvalue weighted by Gasteiger charge is 2.75. The van der Waals surface area contributed by atoms with Crippen LogP contribution >= 0.6 is 0 Å². The van der Waals surface area contributed by atoms with E-state index in [1.54, 1.807) is 6.92 Å². The van der Waals surface area contributed by atoms with E-state index in [1.807, 2.05) is 27.7 Å². The number of nitrogens with zero attached hydrogens (tertiary/aromatic N) is 1. The molecule has 0 aromatic heterocycles. The maximum atomic E-state index is 13.5. The Bertz CT molecular complexity index is 651. The fourth-order valence-corrected chi connectivity index (χ4v) is 5.24. The number of nitrogens with one attached hydrogen (secondary N) is 1. The number of aliphatic hydroxyl groups is 1. The zero-order valence-corrected chi connectivity index (χ0v) is 17.3. The molecule has 2 bridgehead atoms. The van der Waals surface area contributed by atoms with Gasteiger partial charge in [-0.3, -0.25) is 14.4 Å². The number of hydrogen-bond acceptors (Lipinski definition) is 6. The van der Waals surface area contributed by atoms with Crippen LogP contribution in [0.15, 0.2) is 0 Å². The standard InChI is InChI=1S/C20H32N2O6/c1-6-27-19(26)14-13-7-8-20(28-13)15(14)18(25)22(12(9-23)10(2)3)16(20)17(24)21-11(4)5/h10-16,23H,6-9H2,1-5H3,(H,21,24)/t12-,13+,14-,15-,16?,20?/m0/s1. The summed E-state index contributed by atoms with van der Waals surface area (Å²) in [6.07, 6.45) is 0.737. The van der Waals surface area contributed by atoms with Gasteiger partial charge in [-0.15, -0.1) is 0 Å². The number of amides is 2. The first-order valence-electron chi connectivity index (χ1n) is 10.3. The molecule has 158 valence electrons. The number of likely N-dealkylation sites (tertiary alicyclic amines) is 1. The van der Waals surface area contributed by atoms with E-state index in [0.717, 1.165) is 0 Å². The Hall–Kier alpha value is -1.67. The van der Waals surface area contributed by atoms with Gasteiger partial charge in [0.05, 0.1) is 37.2 Å². The molecule has 3 rings (SSSR count). The van der Waals surface area contributed by atoms with E-state index in [9.17, 15) is 19.5 Å². The maximum absolute atomic E-state index is 13.5. The second kappa shape index (κ2) is 7.63. The first kappa shape index (κ1) is 21.0. The van der Waals surface area contributed by atoms with E-state index < -0.39 is 41.6 Å². The molecule has 0 aliphatic carbocycles. The second-order valence-electron chi connectivity index (χ2n) is 8.71. The van der Waals surface area contributed by atoms with Gasteiger partial charge in [0.2, 0.25) is 11.8 Å². The van der Waals surface area contributed by atoms with Crippen LogP contribution in [0.1, 0.15) is 47.5 Å². The van der Waals surface area contributed by atoms with Crippen LogP contribution in [-0.4, -0.2) is 70.8 Å². The van der Waals surface area contributed by atoms with Gasteiger partial charge in [-0.2, -0.15) is 0 Å². The molecule has 2 N–H and O–H groups in total. The summed E-state index contributed by atoms with van der Waals surface area (Å²) in [6, 6.07) is -1.50.